The first-order valence-electron chi connectivity index (χ1n) is 8.22. The lowest BCUT2D eigenvalue weighted by Gasteiger charge is -2.10. The number of nitrogens with zero attached hydrogens (tertiary/aromatic N) is 2. The van der Waals surface area contributed by atoms with Crippen LogP contribution >= 0.6 is 0 Å². The quantitative estimate of drug-likeness (QED) is 0.727. The number of aromatic nitrogens is 2. The number of anilines is 2. The second kappa shape index (κ2) is 7.74. The Kier molecular flexibility index (Phi) is 5.22. The van der Waals surface area contributed by atoms with Crippen LogP contribution in [0.15, 0.2) is 54.6 Å². The van der Waals surface area contributed by atoms with Crippen molar-refractivity contribution in [2.75, 3.05) is 10.6 Å². The molecule has 5 nitrogen and oxygen atoms in total. The van der Waals surface area contributed by atoms with Crippen LogP contribution in [0.5, 0.6) is 0 Å². The number of carbonyl (C=O) groups excluding carboxylic acids is 1. The zero-order chi connectivity index (χ0) is 18.5. The van der Waals surface area contributed by atoms with E-state index in [1.807, 2.05) is 31.2 Å². The van der Waals surface area contributed by atoms with E-state index >= 15 is 0 Å². The third-order valence-corrected chi connectivity index (χ3v) is 3.76. The summed E-state index contributed by atoms with van der Waals surface area (Å²) in [4.78, 5) is 20.9. The van der Waals surface area contributed by atoms with Crippen molar-refractivity contribution in [2.24, 2.45) is 0 Å². The number of hydrogen-bond acceptors (Lipinski definition) is 4. The van der Waals surface area contributed by atoms with Gasteiger partial charge in [-0.15, -0.1) is 0 Å². The highest BCUT2D eigenvalue weighted by molar-refractivity contribution is 6.03. The smallest absolute Gasteiger partial charge is 0.274 e. The minimum atomic E-state index is -0.324. The van der Waals surface area contributed by atoms with Gasteiger partial charge in [0.2, 0.25) is 0 Å². The van der Waals surface area contributed by atoms with Gasteiger partial charge in [-0.1, -0.05) is 30.3 Å². The van der Waals surface area contributed by atoms with Gasteiger partial charge in [0.15, 0.2) is 0 Å². The van der Waals surface area contributed by atoms with Gasteiger partial charge in [-0.25, -0.2) is 14.4 Å². The van der Waals surface area contributed by atoms with Gasteiger partial charge in [-0.2, -0.15) is 0 Å². The Morgan fingerprint density at radius 2 is 1.85 bits per heavy atom. The second-order valence-electron chi connectivity index (χ2n) is 5.95. The van der Waals surface area contributed by atoms with Crippen molar-refractivity contribution in [3.63, 3.8) is 0 Å². The Morgan fingerprint density at radius 1 is 1.04 bits per heavy atom. The predicted molar refractivity (Wildman–Crippen MR) is 99.6 cm³/mol. The molecule has 26 heavy (non-hydrogen) atoms. The molecule has 0 aliphatic heterocycles. The SMILES string of the molecule is Cc1cccc(NC(=O)c2cc(NCc3ccccc3F)nc(C)n2)c1. The van der Waals surface area contributed by atoms with Crippen LogP contribution in [-0.4, -0.2) is 15.9 Å². The zero-order valence-corrected chi connectivity index (χ0v) is 14.6. The van der Waals surface area contributed by atoms with Gasteiger partial charge in [0, 0.05) is 23.9 Å². The molecular weight excluding hydrogens is 331 g/mol. The summed E-state index contributed by atoms with van der Waals surface area (Å²) in [5.74, 6) is 0.311. The number of rotatable bonds is 5. The number of amides is 1. The van der Waals surface area contributed by atoms with Crippen molar-refractivity contribution in [2.45, 2.75) is 20.4 Å². The van der Waals surface area contributed by atoms with Gasteiger partial charge in [-0.3, -0.25) is 4.79 Å². The summed E-state index contributed by atoms with van der Waals surface area (Å²) in [6.07, 6.45) is 0. The summed E-state index contributed by atoms with van der Waals surface area (Å²) in [6.45, 7) is 3.93. The monoisotopic (exact) mass is 350 g/mol. The van der Waals surface area contributed by atoms with Crippen LogP contribution in [-0.2, 0) is 6.54 Å². The topological polar surface area (TPSA) is 66.9 Å². The molecule has 0 fully saturated rings. The first-order chi connectivity index (χ1) is 12.5. The second-order valence-corrected chi connectivity index (χ2v) is 5.95. The van der Waals surface area contributed by atoms with E-state index in [4.69, 9.17) is 0 Å². The molecule has 3 rings (SSSR count). The van der Waals surface area contributed by atoms with Gasteiger partial charge in [-0.05, 0) is 37.6 Å². The fraction of sp³-hybridized carbons (Fsp3) is 0.150. The summed E-state index contributed by atoms with van der Waals surface area (Å²) < 4.78 is 13.7. The third-order valence-electron chi connectivity index (χ3n) is 3.76. The van der Waals surface area contributed by atoms with Crippen LogP contribution < -0.4 is 10.6 Å². The molecule has 0 aliphatic carbocycles. The maximum absolute atomic E-state index is 13.7. The van der Waals surface area contributed by atoms with E-state index in [-0.39, 0.29) is 24.0 Å². The van der Waals surface area contributed by atoms with Gasteiger partial charge in [0.25, 0.3) is 5.91 Å². The lowest BCUT2D eigenvalue weighted by atomic mass is 10.2. The Hall–Kier alpha value is -3.28. The molecule has 2 N–H and O–H groups in total. The Bertz CT molecular complexity index is 943. The summed E-state index contributed by atoms with van der Waals surface area (Å²) in [6, 6.07) is 15.6. The molecule has 0 spiro atoms. The van der Waals surface area contributed by atoms with Crippen LogP contribution in [0.1, 0.15) is 27.4 Å². The molecule has 1 heterocycles. The molecule has 132 valence electrons. The van der Waals surface area contributed by atoms with Gasteiger partial charge in [0.1, 0.15) is 23.2 Å². The largest absolute Gasteiger partial charge is 0.366 e. The Balaban J connectivity index is 1.74. The van der Waals surface area contributed by atoms with Crippen molar-refractivity contribution < 1.29 is 9.18 Å². The molecule has 0 unspecified atom stereocenters. The van der Waals surface area contributed by atoms with Crippen molar-refractivity contribution in [1.29, 1.82) is 0 Å². The maximum atomic E-state index is 13.7. The lowest BCUT2D eigenvalue weighted by molar-refractivity contribution is 0.102. The first-order valence-corrected chi connectivity index (χ1v) is 8.22. The molecule has 1 aromatic heterocycles. The molecule has 0 saturated heterocycles. The summed E-state index contributed by atoms with van der Waals surface area (Å²) >= 11 is 0. The van der Waals surface area contributed by atoms with Gasteiger partial charge >= 0.3 is 0 Å². The van der Waals surface area contributed by atoms with Crippen molar-refractivity contribution in [3.05, 3.63) is 83.1 Å². The fourth-order valence-electron chi connectivity index (χ4n) is 2.52. The van der Waals surface area contributed by atoms with Gasteiger partial charge in [0.05, 0.1) is 0 Å². The number of benzene rings is 2. The summed E-state index contributed by atoms with van der Waals surface area (Å²) in [7, 11) is 0. The van der Waals surface area contributed by atoms with Crippen molar-refractivity contribution in [1.82, 2.24) is 9.97 Å². The molecule has 0 radical (unpaired) electrons. The fourth-order valence-corrected chi connectivity index (χ4v) is 2.52. The van der Waals surface area contributed by atoms with Crippen molar-refractivity contribution >= 4 is 17.4 Å². The molecule has 1 amide bonds. The van der Waals surface area contributed by atoms with E-state index in [0.29, 0.717) is 22.9 Å². The molecule has 0 aliphatic rings. The van der Waals surface area contributed by atoms with E-state index in [1.165, 1.54) is 6.07 Å². The standard InChI is InChI=1S/C20H19FN4O/c1-13-6-5-8-16(10-13)25-20(26)18-11-19(24-14(2)23-18)22-12-15-7-3-4-9-17(15)21/h3-11H,12H2,1-2H3,(H,25,26)(H,22,23,24). The first kappa shape index (κ1) is 17.5. The van der Waals surface area contributed by atoms with Crippen LogP contribution in [0.3, 0.4) is 0 Å². The van der Waals surface area contributed by atoms with E-state index in [1.54, 1.807) is 31.2 Å². The van der Waals surface area contributed by atoms with E-state index in [0.717, 1.165) is 5.56 Å². The highest BCUT2D eigenvalue weighted by atomic mass is 19.1. The molecule has 6 heteroatoms. The molecule has 2 aromatic carbocycles. The maximum Gasteiger partial charge on any atom is 0.274 e. The molecule has 3 aromatic rings. The van der Waals surface area contributed by atoms with E-state index in [9.17, 15) is 9.18 Å². The van der Waals surface area contributed by atoms with Gasteiger partial charge < -0.3 is 10.6 Å². The number of hydrogen-bond donors (Lipinski definition) is 2. The Morgan fingerprint density at radius 3 is 2.62 bits per heavy atom. The van der Waals surface area contributed by atoms with E-state index in [2.05, 4.69) is 20.6 Å². The highest BCUT2D eigenvalue weighted by Gasteiger charge is 2.11. The predicted octanol–water partition coefficient (Wildman–Crippen LogP) is 4.10. The summed E-state index contributed by atoms with van der Waals surface area (Å²) in [5.41, 5.74) is 2.52. The molecule has 0 saturated carbocycles. The number of carbonyl (C=O) groups is 1. The average molecular weight is 350 g/mol. The summed E-state index contributed by atoms with van der Waals surface area (Å²) in [5, 5.41) is 5.86. The van der Waals surface area contributed by atoms with Crippen LogP contribution in [0.4, 0.5) is 15.9 Å². The number of aryl methyl sites for hydroxylation is 2. The average Bonchev–Trinajstić information content (AvgIpc) is 2.60. The molecule has 0 atom stereocenters. The van der Waals surface area contributed by atoms with E-state index < -0.39 is 0 Å². The number of halogens is 1. The van der Waals surface area contributed by atoms with Crippen LogP contribution in [0.25, 0.3) is 0 Å². The third kappa shape index (κ3) is 4.42. The van der Waals surface area contributed by atoms with Crippen LogP contribution in [0.2, 0.25) is 0 Å². The van der Waals surface area contributed by atoms with Crippen molar-refractivity contribution in [3.8, 4) is 0 Å². The number of nitrogens with one attached hydrogen (secondary N) is 2. The zero-order valence-electron chi connectivity index (χ0n) is 14.6. The molecule has 0 bridgehead atoms. The minimum Gasteiger partial charge on any atom is -0.366 e. The van der Waals surface area contributed by atoms with Crippen LogP contribution in [0, 0.1) is 19.7 Å². The molecular formula is C20H19FN4O. The normalized spacial score (nSPS) is 10.4. The minimum absolute atomic E-state index is 0.245. The lowest BCUT2D eigenvalue weighted by Crippen LogP contribution is -2.16. The Labute approximate surface area is 151 Å². The highest BCUT2D eigenvalue weighted by Crippen LogP contribution is 2.14.